The zero-order chi connectivity index (χ0) is 7.72. The molecule has 1 heterocycles. The normalized spacial score (nSPS) is 47.9. The van der Waals surface area contributed by atoms with Crippen LogP contribution in [0.4, 0.5) is 4.39 Å². The van der Waals surface area contributed by atoms with E-state index in [2.05, 4.69) is 0 Å². The lowest BCUT2D eigenvalue weighted by Crippen LogP contribution is -2.28. The zero-order valence-electron chi connectivity index (χ0n) is 5.83. The Balaban J connectivity index is 2.53. The monoisotopic (exact) mass is 144 g/mol. The maximum absolute atomic E-state index is 12.8. The highest BCUT2D eigenvalue weighted by molar-refractivity contribution is 6.11. The molecular formula is C6H10BFO2. The van der Waals surface area contributed by atoms with Crippen molar-refractivity contribution in [3.8, 4) is 0 Å². The fourth-order valence-corrected chi connectivity index (χ4v) is 1.08. The summed E-state index contributed by atoms with van der Waals surface area (Å²) >= 11 is 0. The maximum atomic E-state index is 12.8. The molecule has 4 atom stereocenters. The molecule has 4 heteroatoms. The van der Waals surface area contributed by atoms with Gasteiger partial charge in [0.1, 0.15) is 14.0 Å². The second kappa shape index (κ2) is 2.88. The summed E-state index contributed by atoms with van der Waals surface area (Å²) in [5.41, 5.74) is 0. The molecule has 1 N–H and O–H groups in total. The predicted molar refractivity (Wildman–Crippen MR) is 35.6 cm³/mol. The maximum Gasteiger partial charge on any atom is 0.154 e. The molecule has 0 bridgehead atoms. The van der Waals surface area contributed by atoms with E-state index in [-0.39, 0.29) is 0 Å². The summed E-state index contributed by atoms with van der Waals surface area (Å²) in [6, 6.07) is -0.847. The Morgan fingerprint density at radius 1 is 1.70 bits per heavy atom. The molecule has 1 aliphatic rings. The van der Waals surface area contributed by atoms with Crippen LogP contribution in [0.25, 0.3) is 0 Å². The van der Waals surface area contributed by atoms with Crippen LogP contribution < -0.4 is 0 Å². The third-order valence-electron chi connectivity index (χ3n) is 1.75. The Hall–Kier alpha value is -0.0851. The Labute approximate surface area is 60.8 Å². The number of rotatable bonds is 1. The van der Waals surface area contributed by atoms with E-state index in [4.69, 9.17) is 17.7 Å². The first kappa shape index (κ1) is 8.02. The van der Waals surface area contributed by atoms with Crippen LogP contribution in [0.5, 0.6) is 0 Å². The summed E-state index contributed by atoms with van der Waals surface area (Å²) in [6.07, 6.45) is -2.44. The van der Waals surface area contributed by atoms with Crippen molar-refractivity contribution in [2.75, 3.05) is 0 Å². The molecule has 1 aliphatic heterocycles. The van der Waals surface area contributed by atoms with Gasteiger partial charge in [-0.15, -0.1) is 0 Å². The summed E-state index contributed by atoms with van der Waals surface area (Å²) in [4.78, 5) is 0. The highest BCUT2D eigenvalue weighted by Gasteiger charge is 2.39. The molecule has 10 heavy (non-hydrogen) atoms. The van der Waals surface area contributed by atoms with Gasteiger partial charge in [-0.05, 0) is 6.42 Å². The number of ether oxygens (including phenoxy) is 1. The van der Waals surface area contributed by atoms with Gasteiger partial charge in [0, 0.05) is 6.00 Å². The van der Waals surface area contributed by atoms with Gasteiger partial charge in [-0.1, -0.05) is 6.92 Å². The molecule has 0 spiro atoms. The van der Waals surface area contributed by atoms with Crippen molar-refractivity contribution >= 4 is 7.85 Å². The SMILES string of the molecule is [B][C@@H]1O[C@H](CC)[C@@H](F)C1O. The molecule has 0 aromatic rings. The van der Waals surface area contributed by atoms with E-state index in [1.54, 1.807) is 6.92 Å². The smallest absolute Gasteiger partial charge is 0.154 e. The zero-order valence-corrected chi connectivity index (χ0v) is 5.83. The Morgan fingerprint density at radius 2 is 2.30 bits per heavy atom. The van der Waals surface area contributed by atoms with Crippen LogP contribution in [0.15, 0.2) is 0 Å². The molecule has 2 nitrogen and oxygen atoms in total. The molecule has 0 saturated carbocycles. The number of halogens is 1. The second-order valence-corrected chi connectivity index (χ2v) is 2.48. The van der Waals surface area contributed by atoms with Crippen molar-refractivity contribution in [3.63, 3.8) is 0 Å². The minimum atomic E-state index is -1.32. The standard InChI is InChI=1S/C6H10BFO2/c1-2-3-4(8)5(9)6(7)10-3/h3-6,9H,2H2,1H3/t3-,4-,5?,6-/m1/s1. The predicted octanol–water partition coefficient (Wildman–Crippen LogP) is -0.0112. The van der Waals surface area contributed by atoms with Gasteiger partial charge in [0.2, 0.25) is 0 Å². The van der Waals surface area contributed by atoms with Crippen LogP contribution in [-0.4, -0.2) is 37.3 Å². The van der Waals surface area contributed by atoms with Crippen LogP contribution in [-0.2, 0) is 4.74 Å². The van der Waals surface area contributed by atoms with E-state index in [0.717, 1.165) is 0 Å². The van der Waals surface area contributed by atoms with Crippen LogP contribution in [0.2, 0.25) is 0 Å². The largest absolute Gasteiger partial charge is 0.388 e. The lowest BCUT2D eigenvalue weighted by molar-refractivity contribution is 0.0553. The van der Waals surface area contributed by atoms with Crippen molar-refractivity contribution < 1.29 is 14.2 Å². The fraction of sp³-hybridized carbons (Fsp3) is 1.00. The highest BCUT2D eigenvalue weighted by Crippen LogP contribution is 2.23. The van der Waals surface area contributed by atoms with Gasteiger partial charge < -0.3 is 9.84 Å². The van der Waals surface area contributed by atoms with Gasteiger partial charge in [-0.2, -0.15) is 0 Å². The summed E-state index contributed by atoms with van der Waals surface area (Å²) in [7, 11) is 5.22. The molecule has 0 aromatic heterocycles. The van der Waals surface area contributed by atoms with Gasteiger partial charge in [0.15, 0.2) is 6.17 Å². The highest BCUT2D eigenvalue weighted by atomic mass is 19.1. The quantitative estimate of drug-likeness (QED) is 0.524. The van der Waals surface area contributed by atoms with Gasteiger partial charge >= 0.3 is 0 Å². The first-order valence-corrected chi connectivity index (χ1v) is 3.40. The third kappa shape index (κ3) is 1.18. The van der Waals surface area contributed by atoms with Gasteiger partial charge in [-0.3, -0.25) is 0 Å². The van der Waals surface area contributed by atoms with E-state index in [1.807, 2.05) is 0 Å². The van der Waals surface area contributed by atoms with Crippen molar-refractivity contribution in [3.05, 3.63) is 0 Å². The molecule has 0 amide bonds. The van der Waals surface area contributed by atoms with E-state index >= 15 is 0 Å². The molecule has 2 radical (unpaired) electrons. The number of hydrogen-bond donors (Lipinski definition) is 1. The minimum absolute atomic E-state index is 0.523. The Bertz CT molecular complexity index is 122. The molecule has 56 valence electrons. The van der Waals surface area contributed by atoms with Crippen molar-refractivity contribution in [1.29, 1.82) is 0 Å². The summed E-state index contributed by atoms with van der Waals surface area (Å²) in [6.45, 7) is 1.79. The summed E-state index contributed by atoms with van der Waals surface area (Å²) < 4.78 is 17.7. The number of aliphatic hydroxyl groups is 1. The van der Waals surface area contributed by atoms with Crippen molar-refractivity contribution in [1.82, 2.24) is 0 Å². The molecular weight excluding hydrogens is 134 g/mol. The second-order valence-electron chi connectivity index (χ2n) is 2.48. The Morgan fingerprint density at radius 3 is 2.50 bits per heavy atom. The molecule has 1 rings (SSSR count). The lowest BCUT2D eigenvalue weighted by atomic mass is 9.93. The minimum Gasteiger partial charge on any atom is -0.388 e. The third-order valence-corrected chi connectivity index (χ3v) is 1.75. The number of hydrogen-bond acceptors (Lipinski definition) is 2. The van der Waals surface area contributed by atoms with E-state index < -0.39 is 24.4 Å². The van der Waals surface area contributed by atoms with Gasteiger partial charge in [0.25, 0.3) is 0 Å². The molecule has 1 saturated heterocycles. The molecule has 1 fully saturated rings. The number of aliphatic hydroxyl groups excluding tert-OH is 1. The van der Waals surface area contributed by atoms with Crippen LogP contribution in [0, 0.1) is 0 Å². The van der Waals surface area contributed by atoms with E-state index in [0.29, 0.717) is 6.42 Å². The first-order valence-electron chi connectivity index (χ1n) is 3.40. The molecule has 0 aliphatic carbocycles. The number of alkyl halides is 1. The summed E-state index contributed by atoms with van der Waals surface area (Å²) in [5, 5.41) is 8.94. The van der Waals surface area contributed by atoms with Crippen LogP contribution in [0.1, 0.15) is 13.3 Å². The molecule has 0 aromatic carbocycles. The average molecular weight is 144 g/mol. The topological polar surface area (TPSA) is 29.5 Å². The first-order chi connectivity index (χ1) is 4.66. The van der Waals surface area contributed by atoms with Gasteiger partial charge in [0.05, 0.1) is 6.10 Å². The fourth-order valence-electron chi connectivity index (χ4n) is 1.08. The summed E-state index contributed by atoms with van der Waals surface area (Å²) in [5.74, 6) is 0. The van der Waals surface area contributed by atoms with Gasteiger partial charge in [-0.25, -0.2) is 4.39 Å². The van der Waals surface area contributed by atoms with Crippen LogP contribution in [0.3, 0.4) is 0 Å². The molecule has 1 unspecified atom stereocenters. The van der Waals surface area contributed by atoms with E-state index in [1.165, 1.54) is 0 Å². The van der Waals surface area contributed by atoms with E-state index in [9.17, 15) is 4.39 Å². The van der Waals surface area contributed by atoms with Crippen molar-refractivity contribution in [2.24, 2.45) is 0 Å². The van der Waals surface area contributed by atoms with Crippen molar-refractivity contribution in [2.45, 2.75) is 37.7 Å². The van der Waals surface area contributed by atoms with Crippen LogP contribution >= 0.6 is 0 Å². The average Bonchev–Trinajstić information content (AvgIpc) is 2.17. The lowest BCUT2D eigenvalue weighted by Gasteiger charge is -2.08. The Kier molecular flexibility index (Phi) is 2.31.